The Morgan fingerprint density at radius 3 is 2.72 bits per heavy atom. The molecular weight excluding hydrogens is 382 g/mol. The number of hydrogen-bond donors (Lipinski definition) is 0. The van der Waals surface area contributed by atoms with Crippen LogP contribution in [-0.2, 0) is 22.6 Å². The molecule has 0 radical (unpaired) electrons. The van der Waals surface area contributed by atoms with Gasteiger partial charge in [0.25, 0.3) is 5.91 Å². The molecule has 5 nitrogen and oxygen atoms in total. The molecule has 3 heterocycles. The number of rotatable bonds is 7. The van der Waals surface area contributed by atoms with Gasteiger partial charge in [-0.15, -0.1) is 0 Å². The van der Waals surface area contributed by atoms with E-state index >= 15 is 0 Å². The minimum atomic E-state index is -0.00337. The number of benzene rings is 1. The fourth-order valence-electron chi connectivity index (χ4n) is 3.84. The van der Waals surface area contributed by atoms with E-state index in [2.05, 4.69) is 35.3 Å². The van der Waals surface area contributed by atoms with E-state index in [1.807, 2.05) is 29.2 Å². The first kappa shape index (κ1) is 19.8. The van der Waals surface area contributed by atoms with E-state index in [1.54, 1.807) is 18.0 Å². The van der Waals surface area contributed by atoms with Crippen LogP contribution >= 0.6 is 11.8 Å². The highest BCUT2D eigenvalue weighted by Crippen LogP contribution is 2.25. The van der Waals surface area contributed by atoms with Crippen molar-refractivity contribution in [3.8, 4) is 0 Å². The number of likely N-dealkylation sites (tertiary alicyclic amines) is 1. The fraction of sp³-hybridized carbons (Fsp3) is 0.391. The highest BCUT2D eigenvalue weighted by molar-refractivity contribution is 7.99. The minimum Gasteiger partial charge on any atom is -0.335 e. The Morgan fingerprint density at radius 2 is 2.00 bits per heavy atom. The number of hydrogen-bond acceptors (Lipinski definition) is 5. The van der Waals surface area contributed by atoms with Gasteiger partial charge in [-0.25, -0.2) is 0 Å². The number of Topliss-reactive ketones (excluding diaryl/α,β-unsaturated/α-hetero) is 1. The molecule has 0 bridgehead atoms. The number of carbonyl (C=O) groups excluding carboxylic acids is 2. The summed E-state index contributed by atoms with van der Waals surface area (Å²) in [5, 5.41) is 0.533. The lowest BCUT2D eigenvalue weighted by Gasteiger charge is -2.38. The zero-order valence-corrected chi connectivity index (χ0v) is 17.6. The molecule has 1 saturated heterocycles. The molecule has 1 aromatic carbocycles. The number of nitrogens with zero attached hydrogens (tertiary/aromatic N) is 3. The van der Waals surface area contributed by atoms with Gasteiger partial charge in [0.05, 0.1) is 6.54 Å². The smallest absolute Gasteiger partial charge is 0.272 e. The van der Waals surface area contributed by atoms with Crippen molar-refractivity contribution in [2.75, 3.05) is 19.3 Å². The molecule has 29 heavy (non-hydrogen) atoms. The average molecular weight is 408 g/mol. The van der Waals surface area contributed by atoms with Gasteiger partial charge in [-0.2, -0.15) is 11.8 Å². The second kappa shape index (κ2) is 8.49. The normalized spacial score (nSPS) is 16.8. The van der Waals surface area contributed by atoms with Crippen molar-refractivity contribution in [1.29, 1.82) is 0 Å². The Bertz CT molecular complexity index is 952. The number of amides is 1. The second-order valence-corrected chi connectivity index (χ2v) is 8.93. The van der Waals surface area contributed by atoms with Crippen LogP contribution in [-0.4, -0.2) is 51.9 Å². The topological polar surface area (TPSA) is 62.6 Å². The van der Waals surface area contributed by atoms with Gasteiger partial charge in [0, 0.05) is 48.6 Å². The van der Waals surface area contributed by atoms with Gasteiger partial charge < -0.3 is 4.90 Å². The van der Waals surface area contributed by atoms with Crippen LogP contribution in [0.2, 0.25) is 0 Å². The summed E-state index contributed by atoms with van der Waals surface area (Å²) in [7, 11) is 0. The van der Waals surface area contributed by atoms with Crippen LogP contribution in [0.15, 0.2) is 47.6 Å². The van der Waals surface area contributed by atoms with Crippen molar-refractivity contribution < 1.29 is 9.59 Å². The Labute approximate surface area is 175 Å². The Hall–Kier alpha value is -2.47. The molecule has 1 amide bonds. The lowest BCUT2D eigenvalue weighted by Crippen LogP contribution is -2.54. The fourth-order valence-corrected chi connectivity index (χ4v) is 4.50. The molecule has 2 aliphatic heterocycles. The van der Waals surface area contributed by atoms with Crippen molar-refractivity contribution in [1.82, 2.24) is 9.88 Å². The van der Waals surface area contributed by atoms with E-state index < -0.39 is 0 Å². The summed E-state index contributed by atoms with van der Waals surface area (Å²) < 4.78 is 0. The molecule has 1 atom stereocenters. The maximum absolute atomic E-state index is 12.7. The number of fused-ring (bicyclic) bond motifs is 1. The molecule has 0 N–H and O–H groups in total. The van der Waals surface area contributed by atoms with Crippen molar-refractivity contribution >= 4 is 29.2 Å². The molecule has 2 aromatic rings. The number of aromatic nitrogens is 1. The lowest BCUT2D eigenvalue weighted by molar-refractivity contribution is -0.126. The standard InChI is InChI=1S/C23H25N3O2S/c1-15(16-6-4-3-5-7-16)8-19(27)10-18-9-17-11-25-22(21(17)12-24-18)23(28)26-13-20(14-26)29-2/h3-7,9,12,15,20H,8,10-11,13-14H2,1-2H3/t15-/m0/s1. The molecule has 1 fully saturated rings. The van der Waals surface area contributed by atoms with Crippen molar-refractivity contribution in [2.45, 2.75) is 37.5 Å². The summed E-state index contributed by atoms with van der Waals surface area (Å²) in [6.45, 7) is 4.13. The Kier molecular flexibility index (Phi) is 5.81. The van der Waals surface area contributed by atoms with Gasteiger partial charge in [0.2, 0.25) is 0 Å². The molecule has 2 aliphatic rings. The largest absolute Gasteiger partial charge is 0.335 e. The molecule has 1 aromatic heterocycles. The number of aliphatic imine (C=N–C) groups is 1. The van der Waals surface area contributed by atoms with E-state index in [4.69, 9.17) is 0 Å². The van der Waals surface area contributed by atoms with Gasteiger partial charge in [-0.1, -0.05) is 37.3 Å². The number of carbonyl (C=O) groups is 2. The number of pyridine rings is 1. The van der Waals surface area contributed by atoms with E-state index in [0.29, 0.717) is 30.3 Å². The van der Waals surface area contributed by atoms with Crippen LogP contribution < -0.4 is 0 Å². The molecule has 0 unspecified atom stereocenters. The first-order valence-electron chi connectivity index (χ1n) is 9.96. The summed E-state index contributed by atoms with van der Waals surface area (Å²) in [5.74, 6) is 0.358. The van der Waals surface area contributed by atoms with Gasteiger partial charge in [0.1, 0.15) is 11.5 Å². The van der Waals surface area contributed by atoms with Crippen molar-refractivity contribution in [2.24, 2.45) is 4.99 Å². The SMILES string of the molecule is CSC1CN(C(=O)C2=NCc3cc(CC(=O)C[C@H](C)c4ccccc4)ncc32)C1. The molecule has 0 spiro atoms. The summed E-state index contributed by atoms with van der Waals surface area (Å²) >= 11 is 1.79. The van der Waals surface area contributed by atoms with Crippen LogP contribution in [0, 0.1) is 0 Å². The van der Waals surface area contributed by atoms with Crippen LogP contribution in [0.3, 0.4) is 0 Å². The maximum atomic E-state index is 12.7. The maximum Gasteiger partial charge on any atom is 0.272 e. The van der Waals surface area contributed by atoms with Crippen molar-refractivity contribution in [3.63, 3.8) is 0 Å². The summed E-state index contributed by atoms with van der Waals surface area (Å²) in [6, 6.07) is 12.0. The van der Waals surface area contributed by atoms with E-state index in [-0.39, 0.29) is 17.6 Å². The van der Waals surface area contributed by atoms with Crippen LogP contribution in [0.25, 0.3) is 0 Å². The minimum absolute atomic E-state index is 0.00337. The first-order chi connectivity index (χ1) is 14.0. The van der Waals surface area contributed by atoms with Gasteiger partial charge in [-0.05, 0) is 29.4 Å². The van der Waals surface area contributed by atoms with Gasteiger partial charge in [-0.3, -0.25) is 19.6 Å². The van der Waals surface area contributed by atoms with E-state index in [0.717, 1.165) is 29.9 Å². The molecule has 0 aliphatic carbocycles. The molecule has 4 rings (SSSR count). The summed E-state index contributed by atoms with van der Waals surface area (Å²) in [5.41, 5.74) is 4.25. The third kappa shape index (κ3) is 4.27. The Morgan fingerprint density at radius 1 is 1.24 bits per heavy atom. The van der Waals surface area contributed by atoms with Gasteiger partial charge >= 0.3 is 0 Å². The zero-order valence-electron chi connectivity index (χ0n) is 16.8. The monoisotopic (exact) mass is 407 g/mol. The number of ketones is 1. The predicted molar refractivity (Wildman–Crippen MR) is 117 cm³/mol. The number of thioether (sulfide) groups is 1. The zero-order chi connectivity index (χ0) is 20.4. The Balaban J connectivity index is 1.37. The third-order valence-electron chi connectivity index (χ3n) is 5.66. The molecule has 6 heteroatoms. The van der Waals surface area contributed by atoms with Crippen LogP contribution in [0.5, 0.6) is 0 Å². The first-order valence-corrected chi connectivity index (χ1v) is 11.2. The molecular formula is C23H25N3O2S. The summed E-state index contributed by atoms with van der Waals surface area (Å²) in [4.78, 5) is 36.0. The van der Waals surface area contributed by atoms with Crippen LogP contribution in [0.1, 0.15) is 41.6 Å². The quantitative estimate of drug-likeness (QED) is 0.707. The van der Waals surface area contributed by atoms with Crippen molar-refractivity contribution in [3.05, 3.63) is 65.0 Å². The lowest BCUT2D eigenvalue weighted by atomic mass is 9.94. The van der Waals surface area contributed by atoms with Gasteiger partial charge in [0.15, 0.2) is 0 Å². The highest BCUT2D eigenvalue weighted by Gasteiger charge is 2.34. The highest BCUT2D eigenvalue weighted by atomic mass is 32.2. The average Bonchev–Trinajstić information content (AvgIpc) is 3.11. The van der Waals surface area contributed by atoms with E-state index in [1.165, 1.54) is 5.56 Å². The van der Waals surface area contributed by atoms with Crippen LogP contribution in [0.4, 0.5) is 0 Å². The second-order valence-electron chi connectivity index (χ2n) is 7.80. The summed E-state index contributed by atoms with van der Waals surface area (Å²) in [6.07, 6.45) is 4.60. The third-order valence-corrected chi connectivity index (χ3v) is 6.63. The molecule has 0 saturated carbocycles. The van der Waals surface area contributed by atoms with E-state index in [9.17, 15) is 9.59 Å². The molecule has 150 valence electrons. The predicted octanol–water partition coefficient (Wildman–Crippen LogP) is 3.26.